The highest BCUT2D eigenvalue weighted by Crippen LogP contribution is 2.26. The minimum atomic E-state index is 0.0862. The zero-order valence-electron chi connectivity index (χ0n) is 15.2. The van der Waals surface area contributed by atoms with Crippen LogP contribution < -0.4 is 11.5 Å². The molecule has 0 saturated heterocycles. The summed E-state index contributed by atoms with van der Waals surface area (Å²) >= 11 is 3.35. The van der Waals surface area contributed by atoms with E-state index in [9.17, 15) is 0 Å². The third-order valence-electron chi connectivity index (χ3n) is 4.52. The molecule has 0 spiro atoms. The van der Waals surface area contributed by atoms with E-state index in [2.05, 4.69) is 9.97 Å². The first-order chi connectivity index (χ1) is 13.5. The zero-order valence-corrected chi connectivity index (χ0v) is 16.8. The van der Waals surface area contributed by atoms with E-state index in [0.29, 0.717) is 0 Å². The SMILES string of the molecule is N=C(N)c1ccc2nc(CCCCc3nc4ccc(C(=N)N)cc4s3)sc2c1. The van der Waals surface area contributed by atoms with Gasteiger partial charge >= 0.3 is 0 Å². The quantitative estimate of drug-likeness (QED) is 0.209. The van der Waals surface area contributed by atoms with E-state index in [1.165, 1.54) is 0 Å². The van der Waals surface area contributed by atoms with Gasteiger partial charge in [-0.05, 0) is 62.1 Å². The molecule has 0 atom stereocenters. The molecule has 0 aliphatic carbocycles. The van der Waals surface area contributed by atoms with Crippen LogP contribution in [-0.4, -0.2) is 21.6 Å². The van der Waals surface area contributed by atoms with Gasteiger partial charge in [-0.1, -0.05) is 0 Å². The van der Waals surface area contributed by atoms with Gasteiger partial charge < -0.3 is 11.5 Å². The van der Waals surface area contributed by atoms with Gasteiger partial charge in [0.15, 0.2) is 0 Å². The van der Waals surface area contributed by atoms with Gasteiger partial charge in [-0.25, -0.2) is 9.97 Å². The Balaban J connectivity index is 1.36. The van der Waals surface area contributed by atoms with Gasteiger partial charge in [0, 0.05) is 11.1 Å². The van der Waals surface area contributed by atoms with E-state index in [-0.39, 0.29) is 11.7 Å². The molecule has 0 unspecified atom stereocenters. The van der Waals surface area contributed by atoms with Crippen LogP contribution in [0.1, 0.15) is 34.0 Å². The Bertz CT molecular complexity index is 1100. The van der Waals surface area contributed by atoms with Crippen LogP contribution in [0.5, 0.6) is 0 Å². The van der Waals surface area contributed by atoms with Gasteiger partial charge in [0.2, 0.25) is 0 Å². The summed E-state index contributed by atoms with van der Waals surface area (Å²) in [7, 11) is 0. The first-order valence-corrected chi connectivity index (χ1v) is 10.6. The van der Waals surface area contributed by atoms with Gasteiger partial charge in [-0.3, -0.25) is 10.8 Å². The summed E-state index contributed by atoms with van der Waals surface area (Å²) in [6.45, 7) is 0. The van der Waals surface area contributed by atoms with Crippen molar-refractivity contribution in [2.75, 3.05) is 0 Å². The van der Waals surface area contributed by atoms with Crippen molar-refractivity contribution in [3.8, 4) is 0 Å². The Hall–Kier alpha value is -2.84. The molecule has 0 radical (unpaired) electrons. The van der Waals surface area contributed by atoms with Crippen LogP contribution in [0.15, 0.2) is 36.4 Å². The summed E-state index contributed by atoms with van der Waals surface area (Å²) in [5, 5.41) is 17.3. The highest BCUT2D eigenvalue weighted by atomic mass is 32.1. The molecule has 6 nitrogen and oxygen atoms in total. The number of amidine groups is 2. The maximum absolute atomic E-state index is 7.55. The van der Waals surface area contributed by atoms with Crippen LogP contribution in [0.2, 0.25) is 0 Å². The van der Waals surface area contributed by atoms with E-state index in [1.807, 2.05) is 36.4 Å². The van der Waals surface area contributed by atoms with Gasteiger partial charge in [0.25, 0.3) is 0 Å². The summed E-state index contributed by atoms with van der Waals surface area (Å²) in [5.74, 6) is 0.172. The molecule has 0 fully saturated rings. The van der Waals surface area contributed by atoms with Crippen LogP contribution >= 0.6 is 22.7 Å². The number of hydrogen-bond acceptors (Lipinski definition) is 6. The molecule has 0 saturated carbocycles. The van der Waals surface area contributed by atoms with Crippen molar-refractivity contribution in [3.63, 3.8) is 0 Å². The number of aromatic nitrogens is 2. The molecule has 2 heterocycles. The smallest absolute Gasteiger partial charge is 0.122 e. The summed E-state index contributed by atoms with van der Waals surface area (Å²) < 4.78 is 2.16. The molecule has 0 aliphatic heterocycles. The second-order valence-electron chi connectivity index (χ2n) is 6.61. The van der Waals surface area contributed by atoms with E-state index < -0.39 is 0 Å². The maximum Gasteiger partial charge on any atom is 0.122 e. The van der Waals surface area contributed by atoms with Crippen molar-refractivity contribution in [2.45, 2.75) is 25.7 Å². The fourth-order valence-electron chi connectivity index (χ4n) is 3.05. The lowest BCUT2D eigenvalue weighted by atomic mass is 10.2. The zero-order chi connectivity index (χ0) is 19.7. The van der Waals surface area contributed by atoms with Gasteiger partial charge in [0.05, 0.1) is 30.4 Å². The second kappa shape index (κ2) is 7.65. The topological polar surface area (TPSA) is 126 Å². The molecular weight excluding hydrogens is 388 g/mol. The largest absolute Gasteiger partial charge is 0.384 e. The van der Waals surface area contributed by atoms with Crippen molar-refractivity contribution in [2.24, 2.45) is 11.5 Å². The van der Waals surface area contributed by atoms with Gasteiger partial charge in [-0.15, -0.1) is 22.7 Å². The van der Waals surface area contributed by atoms with Crippen molar-refractivity contribution in [3.05, 3.63) is 57.5 Å². The number of rotatable bonds is 7. The van der Waals surface area contributed by atoms with Crippen LogP contribution in [0, 0.1) is 10.8 Å². The Kier molecular flexibility index (Phi) is 5.06. The summed E-state index contributed by atoms with van der Waals surface area (Å²) in [4.78, 5) is 9.36. The van der Waals surface area contributed by atoms with E-state index in [1.54, 1.807) is 22.7 Å². The number of benzene rings is 2. The Labute approximate surface area is 170 Å². The maximum atomic E-state index is 7.55. The average molecular weight is 409 g/mol. The first-order valence-electron chi connectivity index (χ1n) is 8.97. The highest BCUT2D eigenvalue weighted by molar-refractivity contribution is 7.18. The second-order valence-corrected chi connectivity index (χ2v) is 8.85. The van der Waals surface area contributed by atoms with Gasteiger partial charge in [-0.2, -0.15) is 0 Å². The number of hydrogen-bond donors (Lipinski definition) is 4. The van der Waals surface area contributed by atoms with E-state index in [4.69, 9.17) is 22.3 Å². The first kappa shape index (κ1) is 18.5. The molecule has 2 aromatic carbocycles. The van der Waals surface area contributed by atoms with E-state index >= 15 is 0 Å². The third kappa shape index (κ3) is 3.88. The fourth-order valence-corrected chi connectivity index (χ4v) is 5.14. The molecule has 6 N–H and O–H groups in total. The Morgan fingerprint density at radius 1 is 0.750 bits per heavy atom. The van der Waals surface area contributed by atoms with Crippen LogP contribution in [0.3, 0.4) is 0 Å². The summed E-state index contributed by atoms with van der Waals surface area (Å²) in [6, 6.07) is 11.4. The number of nitrogens with two attached hydrogens (primary N) is 2. The lowest BCUT2D eigenvalue weighted by molar-refractivity contribution is 0.730. The molecule has 28 heavy (non-hydrogen) atoms. The summed E-state index contributed by atoms with van der Waals surface area (Å²) in [6.07, 6.45) is 3.98. The van der Waals surface area contributed by atoms with Crippen molar-refractivity contribution in [1.29, 1.82) is 10.8 Å². The van der Waals surface area contributed by atoms with Crippen LogP contribution in [-0.2, 0) is 12.8 Å². The average Bonchev–Trinajstić information content (AvgIpc) is 3.26. The summed E-state index contributed by atoms with van der Waals surface area (Å²) in [5.41, 5.74) is 14.5. The number of aryl methyl sites for hydroxylation is 2. The predicted octanol–water partition coefficient (Wildman–Crippen LogP) is 4.04. The molecule has 4 aromatic rings. The molecule has 8 heteroatoms. The lowest BCUT2D eigenvalue weighted by Crippen LogP contribution is -2.10. The third-order valence-corrected chi connectivity index (χ3v) is 6.67. The number of fused-ring (bicyclic) bond motifs is 2. The fraction of sp³-hybridized carbons (Fsp3) is 0.200. The predicted molar refractivity (Wildman–Crippen MR) is 118 cm³/mol. The van der Waals surface area contributed by atoms with E-state index in [0.717, 1.165) is 67.3 Å². The highest BCUT2D eigenvalue weighted by Gasteiger charge is 2.08. The minimum absolute atomic E-state index is 0.0862. The van der Waals surface area contributed by atoms with Crippen molar-refractivity contribution in [1.82, 2.24) is 9.97 Å². The number of nitrogens with one attached hydrogen (secondary N) is 2. The number of nitrogen functional groups attached to an aromatic ring is 2. The van der Waals surface area contributed by atoms with Crippen molar-refractivity contribution >= 4 is 54.8 Å². The lowest BCUT2D eigenvalue weighted by Gasteiger charge is -1.96. The molecule has 2 aromatic heterocycles. The minimum Gasteiger partial charge on any atom is -0.384 e. The van der Waals surface area contributed by atoms with Gasteiger partial charge in [0.1, 0.15) is 11.7 Å². The van der Waals surface area contributed by atoms with Crippen molar-refractivity contribution < 1.29 is 0 Å². The number of thiazole rings is 2. The standard InChI is InChI=1S/C20H20N6S2/c21-19(22)11-5-7-13-15(9-11)27-17(25-13)3-1-2-4-18-26-14-8-6-12(20(23)24)10-16(14)28-18/h5-10H,1-4H2,(H3,21,22)(H3,23,24). The van der Waals surface area contributed by atoms with Crippen LogP contribution in [0.25, 0.3) is 20.4 Å². The molecular formula is C20H20N6S2. The van der Waals surface area contributed by atoms with Crippen LogP contribution in [0.4, 0.5) is 0 Å². The monoisotopic (exact) mass is 408 g/mol. The normalized spacial score (nSPS) is 11.3. The molecule has 4 rings (SSSR count). The molecule has 142 valence electrons. The molecule has 0 bridgehead atoms. The number of nitrogens with zero attached hydrogens (tertiary/aromatic N) is 2. The molecule has 0 amide bonds. The number of unbranched alkanes of at least 4 members (excludes halogenated alkanes) is 1. The molecule has 0 aliphatic rings. The Morgan fingerprint density at radius 3 is 1.57 bits per heavy atom. The Morgan fingerprint density at radius 2 is 1.18 bits per heavy atom.